The topological polar surface area (TPSA) is 192 Å². The Bertz CT molecular complexity index is 873. The standard InChI is InChI=1S/C10H15NO10S3/c1-22(12,13)8-4-2-7(3-5-8)10(21-24(17,18)19)9(11)6-20-23(14,15)16/h2-5,9-10H,6,11H2,1H3,(H,14,15,16)(H,17,18,19)/t9-,10-/m1/s1. The van der Waals surface area contributed by atoms with Crippen molar-refractivity contribution in [2.75, 3.05) is 12.9 Å². The zero-order valence-electron chi connectivity index (χ0n) is 12.2. The molecule has 0 amide bonds. The van der Waals surface area contributed by atoms with Crippen molar-refractivity contribution in [1.82, 2.24) is 0 Å². The number of hydrogen-bond donors (Lipinski definition) is 2. The van der Waals surface area contributed by atoms with E-state index in [2.05, 4.69) is 14.1 Å². The van der Waals surface area contributed by atoms with E-state index in [0.717, 1.165) is 18.4 Å². The molecule has 0 bridgehead atoms. The van der Waals surface area contributed by atoms with E-state index in [9.17, 15) is 29.8 Å². The van der Waals surface area contributed by atoms with Crippen molar-refractivity contribution in [3.05, 3.63) is 29.8 Å². The van der Waals surface area contributed by atoms with Gasteiger partial charge in [0.25, 0.3) is 0 Å². The molecule has 0 aromatic heterocycles. The van der Waals surface area contributed by atoms with Gasteiger partial charge < -0.3 is 10.3 Å². The van der Waals surface area contributed by atoms with Gasteiger partial charge in [-0.2, -0.15) is 8.42 Å². The van der Waals surface area contributed by atoms with E-state index in [1.807, 2.05) is 0 Å². The van der Waals surface area contributed by atoms with Crippen LogP contribution in [-0.2, 0) is 39.0 Å². The van der Waals surface area contributed by atoms with Crippen LogP contribution in [0.1, 0.15) is 11.7 Å². The van der Waals surface area contributed by atoms with Gasteiger partial charge in [-0.05, 0) is 17.7 Å². The lowest BCUT2D eigenvalue weighted by molar-refractivity contribution is -0.441. The molecule has 138 valence electrons. The molecule has 0 saturated carbocycles. The van der Waals surface area contributed by atoms with Gasteiger partial charge in [0.2, 0.25) is 10.4 Å². The molecule has 1 rings (SSSR count). The molecule has 24 heavy (non-hydrogen) atoms. The Morgan fingerprint density at radius 2 is 1.62 bits per heavy atom. The Kier molecular flexibility index (Phi) is 6.45. The van der Waals surface area contributed by atoms with Crippen molar-refractivity contribution in [3.63, 3.8) is 0 Å². The minimum atomic E-state index is -5.04. The Balaban J connectivity index is 3.14. The summed E-state index contributed by atoms with van der Waals surface area (Å²) in [7, 11) is -13.5. The first-order valence-corrected chi connectivity index (χ1v) is 10.7. The van der Waals surface area contributed by atoms with Crippen LogP contribution in [0.3, 0.4) is 0 Å². The largest absolute Gasteiger partial charge is 0.726 e. The molecule has 0 unspecified atom stereocenters. The van der Waals surface area contributed by atoms with E-state index in [0.29, 0.717) is 0 Å². The molecule has 4 N–H and O–H groups in total. The minimum absolute atomic E-state index is 0.0594. The molecule has 0 aliphatic rings. The fraction of sp³-hybridized carbons (Fsp3) is 0.400. The van der Waals surface area contributed by atoms with Crippen LogP contribution < -0.4 is 5.73 Å². The smallest absolute Gasteiger partial charge is 0.398 e. The lowest BCUT2D eigenvalue weighted by Crippen LogP contribution is -2.66. The van der Waals surface area contributed by atoms with Gasteiger partial charge >= 0.3 is 10.4 Å². The number of hydrogen-bond acceptors (Lipinski definition) is 9. The second-order valence-corrected chi connectivity index (χ2v) is 8.85. The summed E-state index contributed by atoms with van der Waals surface area (Å²) in [5, 5.41) is 0. The Labute approximate surface area is 139 Å². The van der Waals surface area contributed by atoms with Crippen LogP contribution in [0.15, 0.2) is 29.2 Å². The molecule has 11 nitrogen and oxygen atoms in total. The number of benzene rings is 1. The van der Waals surface area contributed by atoms with E-state index < -0.39 is 49.4 Å². The van der Waals surface area contributed by atoms with Gasteiger partial charge in [-0.1, -0.05) is 12.1 Å². The average molecular weight is 405 g/mol. The van der Waals surface area contributed by atoms with E-state index >= 15 is 0 Å². The van der Waals surface area contributed by atoms with Crippen molar-refractivity contribution in [1.29, 1.82) is 0 Å². The summed E-state index contributed by atoms with van der Waals surface area (Å²) in [5.74, 6) is 0. The molecule has 14 heteroatoms. The molecule has 1 aromatic carbocycles. The summed E-state index contributed by atoms with van der Waals surface area (Å²) in [6.07, 6.45) is -0.555. The molecular formula is C10H15NO10S3. The highest BCUT2D eigenvalue weighted by Crippen LogP contribution is 2.23. The minimum Gasteiger partial charge on any atom is -0.726 e. The van der Waals surface area contributed by atoms with Gasteiger partial charge in [0.05, 0.1) is 4.90 Å². The van der Waals surface area contributed by atoms with Crippen molar-refractivity contribution >= 4 is 30.6 Å². The summed E-state index contributed by atoms with van der Waals surface area (Å²) >= 11 is 0. The van der Waals surface area contributed by atoms with Crippen molar-refractivity contribution in [2.45, 2.75) is 17.0 Å². The van der Waals surface area contributed by atoms with Crippen LogP contribution in [0.5, 0.6) is 0 Å². The highest BCUT2D eigenvalue weighted by Gasteiger charge is 2.30. The molecular weight excluding hydrogens is 390 g/mol. The molecule has 0 aliphatic heterocycles. The van der Waals surface area contributed by atoms with Crippen LogP contribution in [0, 0.1) is 0 Å². The van der Waals surface area contributed by atoms with Gasteiger partial charge in [-0.3, -0.25) is 8.74 Å². The van der Waals surface area contributed by atoms with Gasteiger partial charge in [0, 0.05) is 6.26 Å². The summed E-state index contributed by atoms with van der Waals surface area (Å²) < 4.78 is 93.2. The molecule has 0 heterocycles. The maximum Gasteiger partial charge on any atom is 0.398 e. The predicted molar refractivity (Wildman–Crippen MR) is 77.3 cm³/mol. The van der Waals surface area contributed by atoms with Crippen molar-refractivity contribution in [2.24, 2.45) is 0 Å². The fourth-order valence-corrected chi connectivity index (χ4v) is 3.20. The normalized spacial score (nSPS) is 15.8. The fourth-order valence-electron chi connectivity index (χ4n) is 1.70. The van der Waals surface area contributed by atoms with Crippen LogP contribution >= 0.6 is 0 Å². The molecule has 0 radical (unpaired) electrons. The third-order valence-electron chi connectivity index (χ3n) is 2.72. The Morgan fingerprint density at radius 3 is 2.00 bits per heavy atom. The van der Waals surface area contributed by atoms with E-state index in [-0.39, 0.29) is 10.5 Å². The Hall–Kier alpha value is -1.13. The van der Waals surface area contributed by atoms with Crippen LogP contribution in [0.2, 0.25) is 0 Å². The summed E-state index contributed by atoms with van der Waals surface area (Å²) in [4.78, 5) is -0.0594. The maximum absolute atomic E-state index is 11.4. The molecule has 0 fully saturated rings. The third-order valence-corrected chi connectivity index (χ3v) is 4.72. The van der Waals surface area contributed by atoms with Crippen molar-refractivity contribution in [3.8, 4) is 0 Å². The summed E-state index contributed by atoms with van der Waals surface area (Å²) in [6.45, 7) is -0.820. The van der Waals surface area contributed by atoms with E-state index in [1.54, 1.807) is 0 Å². The highest BCUT2D eigenvalue weighted by molar-refractivity contribution is 7.90. The molecule has 0 aliphatic carbocycles. The van der Waals surface area contributed by atoms with Gasteiger partial charge in [-0.25, -0.2) is 21.0 Å². The average Bonchev–Trinajstić information content (AvgIpc) is 2.39. The van der Waals surface area contributed by atoms with Crippen LogP contribution in [-0.4, -0.2) is 53.3 Å². The molecule has 0 saturated heterocycles. The first kappa shape index (κ1) is 20.9. The van der Waals surface area contributed by atoms with Crippen molar-refractivity contribution < 1.29 is 48.5 Å². The van der Waals surface area contributed by atoms with Crippen LogP contribution in [0.25, 0.3) is 0 Å². The first-order valence-electron chi connectivity index (χ1n) is 6.08. The number of rotatable bonds is 8. The second kappa shape index (κ2) is 7.40. The molecule has 2 atom stereocenters. The third kappa shape index (κ3) is 7.18. The second-order valence-electron chi connectivity index (χ2n) is 4.74. The zero-order chi connectivity index (χ0) is 18.8. The first-order chi connectivity index (χ1) is 10.7. The zero-order valence-corrected chi connectivity index (χ0v) is 14.7. The van der Waals surface area contributed by atoms with Gasteiger partial charge in [0.1, 0.15) is 12.6 Å². The van der Waals surface area contributed by atoms with Gasteiger partial charge in [0.15, 0.2) is 15.9 Å². The quantitative estimate of drug-likeness (QED) is 0.362. The summed E-state index contributed by atoms with van der Waals surface area (Å²) in [5.41, 5.74) is 3.49. The number of sulfone groups is 1. The highest BCUT2D eigenvalue weighted by atomic mass is 32.3. The molecule has 0 spiro atoms. The monoisotopic (exact) mass is 405 g/mol. The number of quaternary nitrogens is 1. The maximum atomic E-state index is 11.4. The lowest BCUT2D eigenvalue weighted by atomic mass is 10.0. The SMILES string of the molecule is CS(=O)(=O)c1ccc([C@@H](OS(=O)(=O)O)[C@H]([NH3+])COS(=O)(=O)[O-])cc1. The van der Waals surface area contributed by atoms with E-state index in [1.165, 1.54) is 12.1 Å². The Morgan fingerprint density at radius 1 is 1.12 bits per heavy atom. The predicted octanol–water partition coefficient (Wildman–Crippen LogP) is -1.96. The molecule has 1 aromatic rings. The lowest BCUT2D eigenvalue weighted by Gasteiger charge is -2.20. The van der Waals surface area contributed by atoms with E-state index in [4.69, 9.17) is 4.55 Å². The van der Waals surface area contributed by atoms with Crippen LogP contribution in [0.4, 0.5) is 0 Å². The summed E-state index contributed by atoms with van der Waals surface area (Å²) in [6, 6.07) is 3.46. The van der Waals surface area contributed by atoms with Gasteiger partial charge in [-0.15, -0.1) is 0 Å².